The summed E-state index contributed by atoms with van der Waals surface area (Å²) >= 11 is 1.71. The van der Waals surface area contributed by atoms with E-state index >= 15 is 0 Å². The summed E-state index contributed by atoms with van der Waals surface area (Å²) in [4.78, 5) is 16.4. The zero-order valence-electron chi connectivity index (χ0n) is 8.67. The van der Waals surface area contributed by atoms with Crippen molar-refractivity contribution in [1.29, 1.82) is 0 Å². The summed E-state index contributed by atoms with van der Waals surface area (Å²) in [7, 11) is 0. The molecule has 0 aliphatic carbocycles. The molecule has 1 fully saturated rings. The second-order valence-electron chi connectivity index (χ2n) is 3.88. The Morgan fingerprint density at radius 2 is 2.21 bits per heavy atom. The van der Waals surface area contributed by atoms with Gasteiger partial charge in [0, 0.05) is 15.3 Å². The highest BCUT2D eigenvalue weighted by molar-refractivity contribution is 7.12. The zero-order chi connectivity index (χ0) is 10.1. The van der Waals surface area contributed by atoms with Gasteiger partial charge in [0.15, 0.2) is 5.78 Å². The van der Waals surface area contributed by atoms with Gasteiger partial charge in [0.1, 0.15) is 0 Å². The van der Waals surface area contributed by atoms with Crippen LogP contribution in [-0.4, -0.2) is 30.3 Å². The average Bonchev–Trinajstić information content (AvgIpc) is 2.37. The highest BCUT2D eigenvalue weighted by atomic mass is 32.1. The predicted molar refractivity (Wildman–Crippen MR) is 59.2 cm³/mol. The summed E-state index contributed by atoms with van der Waals surface area (Å²) in [5, 5.41) is 0. The van der Waals surface area contributed by atoms with Crippen molar-refractivity contribution in [3.63, 3.8) is 0 Å². The standard InChI is InChI=1S/C11H15NOS/c1-8-6-10(9(2)14-8)11(13)7-12-4-3-5-12/h6H,3-5,7H2,1-2H3. The molecule has 2 rings (SSSR count). The van der Waals surface area contributed by atoms with Gasteiger partial charge >= 0.3 is 0 Å². The molecule has 2 heterocycles. The summed E-state index contributed by atoms with van der Waals surface area (Å²) < 4.78 is 0. The van der Waals surface area contributed by atoms with Crippen LogP contribution in [0.2, 0.25) is 0 Å². The molecular formula is C11H15NOS. The molecule has 3 heteroatoms. The van der Waals surface area contributed by atoms with Crippen molar-refractivity contribution in [1.82, 2.24) is 4.90 Å². The van der Waals surface area contributed by atoms with Crippen LogP contribution < -0.4 is 0 Å². The Balaban J connectivity index is 2.06. The van der Waals surface area contributed by atoms with Crippen LogP contribution >= 0.6 is 11.3 Å². The minimum Gasteiger partial charge on any atom is -0.296 e. The summed E-state index contributed by atoms with van der Waals surface area (Å²) in [6.45, 7) is 6.87. The van der Waals surface area contributed by atoms with Crippen LogP contribution in [0.15, 0.2) is 6.07 Å². The predicted octanol–water partition coefficient (Wildman–Crippen LogP) is 2.25. The van der Waals surface area contributed by atoms with E-state index < -0.39 is 0 Å². The average molecular weight is 209 g/mol. The summed E-state index contributed by atoms with van der Waals surface area (Å²) in [5.41, 5.74) is 0.930. The highest BCUT2D eigenvalue weighted by Crippen LogP contribution is 2.21. The first-order valence-corrected chi connectivity index (χ1v) is 5.81. The minimum absolute atomic E-state index is 0.284. The monoisotopic (exact) mass is 209 g/mol. The summed E-state index contributed by atoms with van der Waals surface area (Å²) in [5.74, 6) is 0.284. The number of rotatable bonds is 3. The lowest BCUT2D eigenvalue weighted by Gasteiger charge is -2.29. The molecule has 1 saturated heterocycles. The van der Waals surface area contributed by atoms with Crippen molar-refractivity contribution in [2.45, 2.75) is 20.3 Å². The minimum atomic E-state index is 0.284. The molecule has 0 bridgehead atoms. The van der Waals surface area contributed by atoms with Gasteiger partial charge in [0.25, 0.3) is 0 Å². The number of hydrogen-bond acceptors (Lipinski definition) is 3. The molecule has 2 nitrogen and oxygen atoms in total. The first-order chi connectivity index (χ1) is 6.66. The maximum atomic E-state index is 11.8. The molecule has 0 unspecified atom stereocenters. The number of nitrogens with zero attached hydrogens (tertiary/aromatic N) is 1. The maximum absolute atomic E-state index is 11.8. The molecule has 76 valence electrons. The molecule has 14 heavy (non-hydrogen) atoms. The van der Waals surface area contributed by atoms with E-state index in [2.05, 4.69) is 11.8 Å². The van der Waals surface area contributed by atoms with Crippen molar-refractivity contribution in [3.8, 4) is 0 Å². The third-order valence-electron chi connectivity index (χ3n) is 2.66. The third-order valence-corrected chi connectivity index (χ3v) is 3.62. The van der Waals surface area contributed by atoms with E-state index in [1.165, 1.54) is 11.3 Å². The second-order valence-corrected chi connectivity index (χ2v) is 5.34. The molecule has 0 spiro atoms. The summed E-state index contributed by atoms with van der Waals surface area (Å²) in [6.07, 6.45) is 1.24. The molecule has 1 aromatic heterocycles. The first kappa shape index (κ1) is 9.87. The van der Waals surface area contributed by atoms with Gasteiger partial charge in [0.2, 0.25) is 0 Å². The molecule has 0 radical (unpaired) electrons. The van der Waals surface area contributed by atoms with E-state index in [9.17, 15) is 4.79 Å². The SMILES string of the molecule is Cc1cc(C(=O)CN2CCC2)c(C)s1. The number of aryl methyl sites for hydroxylation is 2. The molecule has 1 aliphatic heterocycles. The van der Waals surface area contributed by atoms with Gasteiger partial charge in [-0.15, -0.1) is 11.3 Å². The Bertz CT molecular complexity index is 352. The van der Waals surface area contributed by atoms with Gasteiger partial charge in [0.05, 0.1) is 6.54 Å². The van der Waals surface area contributed by atoms with Gasteiger partial charge in [-0.1, -0.05) is 0 Å². The molecule has 1 aliphatic rings. The lowest BCUT2D eigenvalue weighted by atomic mass is 10.1. The molecule has 0 atom stereocenters. The van der Waals surface area contributed by atoms with Crippen molar-refractivity contribution in [2.75, 3.05) is 19.6 Å². The molecular weight excluding hydrogens is 194 g/mol. The number of thiophene rings is 1. The fraction of sp³-hybridized carbons (Fsp3) is 0.545. The smallest absolute Gasteiger partial charge is 0.177 e. The lowest BCUT2D eigenvalue weighted by molar-refractivity contribution is 0.0875. The Hall–Kier alpha value is -0.670. The van der Waals surface area contributed by atoms with E-state index in [1.807, 2.05) is 13.0 Å². The topological polar surface area (TPSA) is 20.3 Å². The second kappa shape index (κ2) is 3.83. The number of hydrogen-bond donors (Lipinski definition) is 0. The van der Waals surface area contributed by atoms with E-state index in [1.54, 1.807) is 11.3 Å². The van der Waals surface area contributed by atoms with Crippen molar-refractivity contribution in [3.05, 3.63) is 21.4 Å². The van der Waals surface area contributed by atoms with Crippen molar-refractivity contribution < 1.29 is 4.79 Å². The zero-order valence-corrected chi connectivity index (χ0v) is 9.49. The Morgan fingerprint density at radius 1 is 1.50 bits per heavy atom. The van der Waals surface area contributed by atoms with E-state index in [-0.39, 0.29) is 5.78 Å². The maximum Gasteiger partial charge on any atom is 0.177 e. The van der Waals surface area contributed by atoms with Crippen LogP contribution in [0.25, 0.3) is 0 Å². The number of carbonyl (C=O) groups excluding carboxylic acids is 1. The fourth-order valence-corrected chi connectivity index (χ4v) is 2.68. The highest BCUT2D eigenvalue weighted by Gasteiger charge is 2.19. The van der Waals surface area contributed by atoms with Crippen LogP contribution in [0.1, 0.15) is 26.5 Å². The number of likely N-dealkylation sites (tertiary alicyclic amines) is 1. The first-order valence-electron chi connectivity index (χ1n) is 4.99. The van der Waals surface area contributed by atoms with Crippen LogP contribution in [0, 0.1) is 13.8 Å². The molecule has 0 N–H and O–H groups in total. The Morgan fingerprint density at radius 3 is 2.64 bits per heavy atom. The lowest BCUT2D eigenvalue weighted by Crippen LogP contribution is -2.40. The largest absolute Gasteiger partial charge is 0.296 e. The normalized spacial score (nSPS) is 16.7. The van der Waals surface area contributed by atoms with Gasteiger partial charge in [-0.2, -0.15) is 0 Å². The number of Topliss-reactive ketones (excluding diaryl/α,β-unsaturated/α-hetero) is 1. The van der Waals surface area contributed by atoms with Crippen LogP contribution in [0.5, 0.6) is 0 Å². The Kier molecular flexibility index (Phi) is 2.70. The Labute approximate surface area is 88.5 Å². The molecule has 1 aromatic rings. The van der Waals surface area contributed by atoms with Crippen LogP contribution in [0.4, 0.5) is 0 Å². The number of carbonyl (C=O) groups is 1. The van der Waals surface area contributed by atoms with E-state index in [0.29, 0.717) is 6.54 Å². The van der Waals surface area contributed by atoms with Gasteiger partial charge in [-0.25, -0.2) is 0 Å². The van der Waals surface area contributed by atoms with Crippen LogP contribution in [-0.2, 0) is 0 Å². The van der Waals surface area contributed by atoms with Gasteiger partial charge in [-0.3, -0.25) is 9.69 Å². The molecule has 0 saturated carbocycles. The van der Waals surface area contributed by atoms with Crippen molar-refractivity contribution in [2.24, 2.45) is 0 Å². The van der Waals surface area contributed by atoms with Gasteiger partial charge in [-0.05, 0) is 39.4 Å². The quantitative estimate of drug-likeness (QED) is 0.712. The number of ketones is 1. The van der Waals surface area contributed by atoms with Crippen LogP contribution in [0.3, 0.4) is 0 Å². The third kappa shape index (κ3) is 1.88. The van der Waals surface area contributed by atoms with E-state index in [0.717, 1.165) is 23.5 Å². The summed E-state index contributed by atoms with van der Waals surface area (Å²) in [6, 6.07) is 2.02. The van der Waals surface area contributed by atoms with Gasteiger partial charge < -0.3 is 0 Å². The van der Waals surface area contributed by atoms with Crippen molar-refractivity contribution >= 4 is 17.1 Å². The van der Waals surface area contributed by atoms with E-state index in [4.69, 9.17) is 0 Å². The molecule has 0 aromatic carbocycles. The fourth-order valence-electron chi connectivity index (χ4n) is 1.74. The molecule has 0 amide bonds.